The van der Waals surface area contributed by atoms with Crippen LogP contribution in [0.25, 0.3) is 22.3 Å². The fourth-order valence-electron chi connectivity index (χ4n) is 8.40. The summed E-state index contributed by atoms with van der Waals surface area (Å²) in [6, 6.07) is 12.4. The highest BCUT2D eigenvalue weighted by atomic mass is 79.9. The normalized spacial score (nSPS) is 22.8. The van der Waals surface area contributed by atoms with Crippen molar-refractivity contribution in [2.24, 2.45) is 11.3 Å². The number of nitrogens with one attached hydrogen (secondary N) is 3. The smallest absolute Gasteiger partial charge is 0.408 e. The van der Waals surface area contributed by atoms with Gasteiger partial charge in [0.15, 0.2) is 5.13 Å². The average molecular weight is 952 g/mol. The van der Waals surface area contributed by atoms with Gasteiger partial charge in [-0.25, -0.2) is 14.8 Å². The second-order valence-corrected chi connectivity index (χ2v) is 22.1. The zero-order chi connectivity index (χ0) is 44.6. The number of alkyl carbamates (subject to hydrolysis) is 1. The molecular formula is C45H56BrN6O8PS. The molecule has 7 rings (SSSR count). The molecule has 0 spiro atoms. The van der Waals surface area contributed by atoms with Gasteiger partial charge in [-0.3, -0.25) is 14.2 Å². The molecule has 1 aliphatic heterocycles. The molecule has 1 unspecified atom stereocenters. The maximum atomic E-state index is 14.9. The average Bonchev–Trinajstić information content (AvgIpc) is 3.61. The minimum atomic E-state index is -4.14. The molecule has 0 radical (unpaired) electrons. The molecular weight excluding hydrogens is 895 g/mol. The summed E-state index contributed by atoms with van der Waals surface area (Å²) in [6.07, 6.45) is 3.46. The number of hydrogen-bond acceptors (Lipinski definition) is 11. The first-order valence-electron chi connectivity index (χ1n) is 21.1. The van der Waals surface area contributed by atoms with Crippen LogP contribution in [0.15, 0.2) is 71.0 Å². The summed E-state index contributed by atoms with van der Waals surface area (Å²) >= 11 is 4.96. The summed E-state index contributed by atoms with van der Waals surface area (Å²) in [4.78, 5) is 65.9. The Hall–Kier alpha value is -4.50. The van der Waals surface area contributed by atoms with Crippen molar-refractivity contribution in [1.29, 1.82) is 0 Å². The Morgan fingerprint density at radius 3 is 2.50 bits per heavy atom. The van der Waals surface area contributed by atoms with Gasteiger partial charge in [-0.15, -0.1) is 17.9 Å². The number of benzene rings is 2. The Bertz CT molecular complexity index is 2380. The molecule has 62 heavy (non-hydrogen) atoms. The minimum absolute atomic E-state index is 0.0249. The predicted octanol–water partition coefficient (Wildman–Crippen LogP) is 8.87. The van der Waals surface area contributed by atoms with Crippen molar-refractivity contribution in [3.63, 3.8) is 0 Å². The van der Waals surface area contributed by atoms with Crippen LogP contribution in [0.5, 0.6) is 11.5 Å². The number of aromatic nitrogens is 2. The first-order chi connectivity index (χ1) is 29.4. The van der Waals surface area contributed by atoms with E-state index in [0.29, 0.717) is 43.8 Å². The Balaban J connectivity index is 1.22. The van der Waals surface area contributed by atoms with Gasteiger partial charge >= 0.3 is 6.09 Å². The molecule has 0 bridgehead atoms. The molecule has 2 aromatic carbocycles. The van der Waals surface area contributed by atoms with E-state index in [4.69, 9.17) is 24.2 Å². The maximum absolute atomic E-state index is 14.9. The number of anilines is 1. The molecule has 4 aromatic rings. The van der Waals surface area contributed by atoms with Crippen LogP contribution >= 0.6 is 34.6 Å². The molecule has 6 atom stereocenters. The maximum Gasteiger partial charge on any atom is 0.408 e. The van der Waals surface area contributed by atoms with E-state index >= 15 is 0 Å². The quantitative estimate of drug-likeness (QED) is 0.0660. The summed E-state index contributed by atoms with van der Waals surface area (Å²) in [5.74, 6) is -0.522. The standard InChI is InChI=1S/C45H56BrN6O8PS/c1-8-28-22-45(28,61(56,57)24-27-13-9-12-16-33(27)46)51-40(53)37-20-31(23-52(37)41(54)39(44(4,5)6)50-43(55)60-29-14-10-11-15-29)59-38-21-35(36-25-62-42(49-36)47-26(2)3)48-34-19-30(58-7)17-18-32(34)38/h8-9,12-13,16-19,21,25-26,28-29,31,37,39H,1,10-11,14-15,20,22-24H2,2-7H3,(H,47,49)(H,50,55)(H,51,53)(H,56,57)/t28-,31-,37+,39-,45+/m1/s1. The van der Waals surface area contributed by atoms with Gasteiger partial charge < -0.3 is 40.0 Å². The van der Waals surface area contributed by atoms with Crippen LogP contribution in [-0.2, 0) is 25.1 Å². The number of nitrogens with zero attached hydrogens (tertiary/aromatic N) is 3. The summed E-state index contributed by atoms with van der Waals surface area (Å²) in [6.45, 7) is 13.5. The molecule has 17 heteroatoms. The van der Waals surface area contributed by atoms with Gasteiger partial charge in [0.05, 0.1) is 31.0 Å². The van der Waals surface area contributed by atoms with E-state index in [1.807, 2.05) is 58.2 Å². The number of fused-ring (bicyclic) bond motifs is 1. The zero-order valence-electron chi connectivity index (χ0n) is 36.0. The van der Waals surface area contributed by atoms with Crippen molar-refractivity contribution >= 4 is 68.6 Å². The van der Waals surface area contributed by atoms with E-state index in [1.54, 1.807) is 43.5 Å². The third-order valence-electron chi connectivity index (χ3n) is 11.8. The Labute approximate surface area is 375 Å². The minimum Gasteiger partial charge on any atom is -0.497 e. The lowest BCUT2D eigenvalue weighted by Gasteiger charge is -2.36. The van der Waals surface area contributed by atoms with Crippen LogP contribution in [0.3, 0.4) is 0 Å². The second kappa shape index (κ2) is 18.3. The highest BCUT2D eigenvalue weighted by Crippen LogP contribution is 2.71. The van der Waals surface area contributed by atoms with Gasteiger partial charge in [0.1, 0.15) is 46.8 Å². The van der Waals surface area contributed by atoms with E-state index in [-0.39, 0.29) is 37.7 Å². The monoisotopic (exact) mass is 950 g/mol. The van der Waals surface area contributed by atoms with Crippen molar-refractivity contribution < 1.29 is 38.1 Å². The fraction of sp³-hybridized carbons (Fsp3) is 0.489. The largest absolute Gasteiger partial charge is 0.497 e. The van der Waals surface area contributed by atoms with E-state index in [1.165, 1.54) is 16.2 Å². The molecule has 332 valence electrons. The number of hydrogen-bond donors (Lipinski definition) is 4. The van der Waals surface area contributed by atoms with E-state index in [9.17, 15) is 23.8 Å². The molecule has 3 amide bonds. The van der Waals surface area contributed by atoms with Gasteiger partial charge in [0.25, 0.3) is 0 Å². The van der Waals surface area contributed by atoms with Crippen LogP contribution in [0.2, 0.25) is 0 Å². The van der Waals surface area contributed by atoms with Crippen molar-refractivity contribution in [3.05, 3.63) is 76.6 Å². The molecule has 1 saturated heterocycles. The van der Waals surface area contributed by atoms with Gasteiger partial charge in [-0.05, 0) is 75.1 Å². The van der Waals surface area contributed by atoms with Crippen molar-refractivity contribution in [3.8, 4) is 22.9 Å². The topological polar surface area (TPSA) is 181 Å². The summed E-state index contributed by atoms with van der Waals surface area (Å²) < 4.78 is 33.2. The second-order valence-electron chi connectivity index (χ2n) is 17.9. The van der Waals surface area contributed by atoms with Gasteiger partial charge in [-0.2, -0.15) is 0 Å². The summed E-state index contributed by atoms with van der Waals surface area (Å²) in [5, 5.41) is 11.0. The first kappa shape index (κ1) is 45.5. The third-order valence-corrected chi connectivity index (χ3v) is 16.0. The number of methoxy groups -OCH3 is 1. The number of likely N-dealkylation sites (tertiary alicyclic amines) is 1. The Morgan fingerprint density at radius 1 is 1.10 bits per heavy atom. The lowest BCUT2D eigenvalue weighted by atomic mass is 9.85. The number of rotatable bonds is 15. The molecule has 2 aromatic heterocycles. The Kier molecular flexibility index (Phi) is 13.4. The van der Waals surface area contributed by atoms with Gasteiger partial charge in [0, 0.05) is 45.8 Å². The lowest BCUT2D eigenvalue weighted by Crippen LogP contribution is -2.58. The number of halogens is 1. The highest BCUT2D eigenvalue weighted by molar-refractivity contribution is 9.10. The highest BCUT2D eigenvalue weighted by Gasteiger charge is 2.66. The molecule has 3 fully saturated rings. The molecule has 2 saturated carbocycles. The molecule has 3 aliphatic rings. The van der Waals surface area contributed by atoms with Crippen LogP contribution in [0.4, 0.5) is 9.93 Å². The summed E-state index contributed by atoms with van der Waals surface area (Å²) in [5.41, 5.74) is 1.62. The Morgan fingerprint density at radius 2 is 1.84 bits per heavy atom. The zero-order valence-corrected chi connectivity index (χ0v) is 39.3. The van der Waals surface area contributed by atoms with Crippen LogP contribution in [0, 0.1) is 11.3 Å². The molecule has 3 heterocycles. The van der Waals surface area contributed by atoms with Crippen LogP contribution in [0.1, 0.15) is 78.7 Å². The van der Waals surface area contributed by atoms with Crippen molar-refractivity contribution in [2.45, 2.75) is 115 Å². The first-order valence-corrected chi connectivity index (χ1v) is 24.6. The van der Waals surface area contributed by atoms with E-state index < -0.39 is 60.1 Å². The van der Waals surface area contributed by atoms with Crippen LogP contribution < -0.4 is 25.4 Å². The summed E-state index contributed by atoms with van der Waals surface area (Å²) in [7, 11) is -2.56. The van der Waals surface area contributed by atoms with Gasteiger partial charge in [-0.1, -0.05) is 61.0 Å². The number of amides is 3. The van der Waals surface area contributed by atoms with Crippen molar-refractivity contribution in [2.75, 3.05) is 19.0 Å². The number of carbonyl (C=O) groups is 3. The van der Waals surface area contributed by atoms with E-state index in [2.05, 4.69) is 38.5 Å². The van der Waals surface area contributed by atoms with E-state index in [0.717, 1.165) is 30.8 Å². The number of thiazole rings is 1. The number of ether oxygens (including phenoxy) is 3. The fourth-order valence-corrected chi connectivity index (χ4v) is 12.3. The predicted molar refractivity (Wildman–Crippen MR) is 245 cm³/mol. The van der Waals surface area contributed by atoms with Crippen molar-refractivity contribution in [1.82, 2.24) is 25.5 Å². The van der Waals surface area contributed by atoms with Crippen LogP contribution in [-0.4, -0.2) is 86.9 Å². The number of carbonyl (C=O) groups excluding carboxylic acids is 3. The van der Waals surface area contributed by atoms with Gasteiger partial charge in [0.2, 0.25) is 19.2 Å². The third kappa shape index (κ3) is 9.83. The molecule has 2 aliphatic carbocycles. The molecule has 14 nitrogen and oxygen atoms in total. The number of pyridine rings is 1. The SMILES string of the molecule is C=C[C@@H]1C[C@]1(NC(=O)[C@@H]1C[C@@H](Oc2cc(-c3csc(NC(C)C)n3)nc3cc(OC)ccc23)CN1C(=O)[C@@H](NC(=O)OC1CCCC1)C(C)(C)C)P(=O)(O)Cc1ccccc1Br. The lowest BCUT2D eigenvalue weighted by molar-refractivity contribution is -0.142. The molecule has 4 N–H and O–H groups in total.